The van der Waals surface area contributed by atoms with E-state index in [0.29, 0.717) is 35.1 Å². The summed E-state index contributed by atoms with van der Waals surface area (Å²) in [6.45, 7) is 4.93. The zero-order valence-electron chi connectivity index (χ0n) is 15.1. The van der Waals surface area contributed by atoms with Crippen molar-refractivity contribution >= 4 is 47.4 Å². The van der Waals surface area contributed by atoms with Crippen molar-refractivity contribution in [3.63, 3.8) is 0 Å². The quantitative estimate of drug-likeness (QED) is 0.734. The Kier molecular flexibility index (Phi) is 8.67. The number of hydrogen-bond donors (Lipinski definition) is 2. The molecule has 0 radical (unpaired) electrons. The first-order chi connectivity index (χ1) is 11.8. The summed E-state index contributed by atoms with van der Waals surface area (Å²) in [4.78, 5) is 27.0. The van der Waals surface area contributed by atoms with Crippen LogP contribution < -0.4 is 11.1 Å². The molecular weight excluding hydrogens is 397 g/mol. The van der Waals surface area contributed by atoms with Gasteiger partial charge in [0.2, 0.25) is 5.91 Å². The molecule has 1 aromatic rings. The highest BCUT2D eigenvalue weighted by Gasteiger charge is 2.36. The zero-order chi connectivity index (χ0) is 18.6. The van der Waals surface area contributed by atoms with Crippen molar-refractivity contribution in [2.75, 3.05) is 13.1 Å². The van der Waals surface area contributed by atoms with Crippen LogP contribution in [0.15, 0.2) is 18.2 Å². The van der Waals surface area contributed by atoms with Gasteiger partial charge >= 0.3 is 0 Å². The second-order valence-corrected chi connectivity index (χ2v) is 7.41. The molecule has 0 aromatic heterocycles. The summed E-state index contributed by atoms with van der Waals surface area (Å²) in [5.41, 5.74) is 6.14. The second-order valence-electron chi connectivity index (χ2n) is 6.57. The Hall–Kier alpha value is -1.01. The summed E-state index contributed by atoms with van der Waals surface area (Å²) in [5, 5.41) is 3.68. The van der Waals surface area contributed by atoms with Crippen LogP contribution in [0.1, 0.15) is 49.9 Å². The molecule has 1 aliphatic heterocycles. The Morgan fingerprint density at radius 3 is 2.58 bits per heavy atom. The molecule has 146 valence electrons. The Bertz CT molecular complexity index is 651. The van der Waals surface area contributed by atoms with E-state index in [0.717, 1.165) is 19.3 Å². The molecule has 0 aliphatic carbocycles. The van der Waals surface area contributed by atoms with E-state index in [2.05, 4.69) is 5.32 Å². The third kappa shape index (κ3) is 5.26. The molecule has 1 aliphatic rings. The minimum atomic E-state index is -0.500. The fourth-order valence-electron chi connectivity index (χ4n) is 2.98. The number of hydrogen-bond acceptors (Lipinski definition) is 3. The molecule has 3 N–H and O–H groups in total. The van der Waals surface area contributed by atoms with E-state index in [4.69, 9.17) is 28.9 Å². The van der Waals surface area contributed by atoms with Crippen molar-refractivity contribution in [1.29, 1.82) is 0 Å². The van der Waals surface area contributed by atoms with Gasteiger partial charge < -0.3 is 16.0 Å². The fourth-order valence-corrected chi connectivity index (χ4v) is 3.35. The van der Waals surface area contributed by atoms with Gasteiger partial charge in [-0.3, -0.25) is 9.59 Å². The molecule has 1 saturated heterocycles. The molecule has 1 unspecified atom stereocenters. The molecule has 2 rings (SSSR count). The van der Waals surface area contributed by atoms with Crippen molar-refractivity contribution < 1.29 is 9.59 Å². The van der Waals surface area contributed by atoms with Crippen LogP contribution in [0.2, 0.25) is 10.0 Å². The van der Waals surface area contributed by atoms with Gasteiger partial charge in [-0.15, -0.1) is 12.4 Å². The summed E-state index contributed by atoms with van der Waals surface area (Å²) < 4.78 is 0. The summed E-state index contributed by atoms with van der Waals surface area (Å²) >= 11 is 12.1. The zero-order valence-corrected chi connectivity index (χ0v) is 17.4. The van der Waals surface area contributed by atoms with E-state index in [-0.39, 0.29) is 24.2 Å². The lowest BCUT2D eigenvalue weighted by Gasteiger charge is -2.29. The maximum absolute atomic E-state index is 12.8. The number of carbonyl (C=O) groups is 2. The molecule has 1 heterocycles. The maximum atomic E-state index is 12.8. The van der Waals surface area contributed by atoms with E-state index in [1.807, 2.05) is 13.8 Å². The number of nitrogens with one attached hydrogen (secondary N) is 1. The molecule has 8 heteroatoms. The summed E-state index contributed by atoms with van der Waals surface area (Å²) in [7, 11) is 0. The van der Waals surface area contributed by atoms with Gasteiger partial charge in [0.25, 0.3) is 5.91 Å². The molecular formula is C18H26Cl3N3O2. The fraction of sp³-hybridized carbons (Fsp3) is 0.556. The molecule has 0 spiro atoms. The highest BCUT2D eigenvalue weighted by atomic mass is 35.5. The standard InChI is InChI=1S/C18H25Cl2N3O2.ClH/c1-3-18(21,4-2)11-22-16(24)15-6-5-9-23(15)17(25)13-10-12(19)7-8-14(13)20;/h7-8,10,15H,3-6,9,11,21H2,1-2H3,(H,22,24);1H. The van der Waals surface area contributed by atoms with Crippen molar-refractivity contribution in [3.05, 3.63) is 33.8 Å². The van der Waals surface area contributed by atoms with Crippen LogP contribution in [-0.4, -0.2) is 41.4 Å². The number of amides is 2. The number of halogens is 3. The van der Waals surface area contributed by atoms with Crippen molar-refractivity contribution in [1.82, 2.24) is 10.2 Å². The first-order valence-electron chi connectivity index (χ1n) is 8.64. The third-order valence-electron chi connectivity index (χ3n) is 5.00. The van der Waals surface area contributed by atoms with E-state index in [9.17, 15) is 9.59 Å². The first-order valence-corrected chi connectivity index (χ1v) is 9.39. The highest BCUT2D eigenvalue weighted by Crippen LogP contribution is 2.26. The number of nitrogens with two attached hydrogens (primary N) is 1. The van der Waals surface area contributed by atoms with Crippen LogP contribution in [0.5, 0.6) is 0 Å². The molecule has 26 heavy (non-hydrogen) atoms. The average molecular weight is 423 g/mol. The lowest BCUT2D eigenvalue weighted by molar-refractivity contribution is -0.125. The number of nitrogens with zero attached hydrogens (tertiary/aromatic N) is 1. The largest absolute Gasteiger partial charge is 0.352 e. The van der Waals surface area contributed by atoms with Crippen LogP contribution >= 0.6 is 35.6 Å². The van der Waals surface area contributed by atoms with Gasteiger partial charge in [0, 0.05) is 23.7 Å². The number of rotatable bonds is 6. The lowest BCUT2D eigenvalue weighted by Crippen LogP contribution is -2.53. The minimum Gasteiger partial charge on any atom is -0.352 e. The van der Waals surface area contributed by atoms with Gasteiger partial charge in [-0.2, -0.15) is 0 Å². The summed E-state index contributed by atoms with van der Waals surface area (Å²) in [5.74, 6) is -0.434. The van der Waals surface area contributed by atoms with Crippen LogP contribution in [0.4, 0.5) is 0 Å². The molecule has 0 saturated carbocycles. The SMILES string of the molecule is CCC(N)(CC)CNC(=O)C1CCCN1C(=O)c1cc(Cl)ccc1Cl.Cl. The number of likely N-dealkylation sites (tertiary alicyclic amines) is 1. The monoisotopic (exact) mass is 421 g/mol. The van der Waals surface area contributed by atoms with Crippen LogP contribution in [0, 0.1) is 0 Å². The van der Waals surface area contributed by atoms with Gasteiger partial charge in [0.1, 0.15) is 6.04 Å². The normalized spacial score (nSPS) is 17.0. The molecule has 1 atom stereocenters. The number of benzene rings is 1. The molecule has 1 fully saturated rings. The van der Waals surface area contributed by atoms with Crippen molar-refractivity contribution in [3.8, 4) is 0 Å². The molecule has 5 nitrogen and oxygen atoms in total. The van der Waals surface area contributed by atoms with Gasteiger partial charge in [0.15, 0.2) is 0 Å². The third-order valence-corrected chi connectivity index (χ3v) is 5.56. The second kappa shape index (κ2) is 9.79. The van der Waals surface area contributed by atoms with Gasteiger partial charge in [0.05, 0.1) is 10.6 Å². The average Bonchev–Trinajstić information content (AvgIpc) is 3.10. The molecule has 1 aromatic carbocycles. The predicted octanol–water partition coefficient (Wildman–Crippen LogP) is 3.65. The lowest BCUT2D eigenvalue weighted by atomic mass is 9.94. The maximum Gasteiger partial charge on any atom is 0.256 e. The van der Waals surface area contributed by atoms with E-state index in [1.54, 1.807) is 23.1 Å². The van der Waals surface area contributed by atoms with Gasteiger partial charge in [-0.25, -0.2) is 0 Å². The molecule has 2 amide bonds. The summed E-state index contributed by atoms with van der Waals surface area (Å²) in [6, 6.07) is 4.26. The first kappa shape index (κ1) is 23.0. The minimum absolute atomic E-state index is 0. The Labute approximate surface area is 171 Å². The Morgan fingerprint density at radius 2 is 1.96 bits per heavy atom. The van der Waals surface area contributed by atoms with Crippen molar-refractivity contribution in [2.45, 2.75) is 51.1 Å². The number of carbonyl (C=O) groups excluding carboxylic acids is 2. The topological polar surface area (TPSA) is 75.4 Å². The van der Waals surface area contributed by atoms with Crippen LogP contribution in [0.3, 0.4) is 0 Å². The van der Waals surface area contributed by atoms with E-state index < -0.39 is 11.6 Å². The highest BCUT2D eigenvalue weighted by molar-refractivity contribution is 6.35. The van der Waals surface area contributed by atoms with E-state index in [1.165, 1.54) is 0 Å². The van der Waals surface area contributed by atoms with Crippen molar-refractivity contribution in [2.24, 2.45) is 5.73 Å². The van der Waals surface area contributed by atoms with Gasteiger partial charge in [-0.1, -0.05) is 37.0 Å². The Morgan fingerprint density at radius 1 is 1.31 bits per heavy atom. The smallest absolute Gasteiger partial charge is 0.256 e. The van der Waals surface area contributed by atoms with E-state index >= 15 is 0 Å². The summed E-state index contributed by atoms with van der Waals surface area (Å²) in [6.07, 6.45) is 2.95. The molecule has 0 bridgehead atoms. The predicted molar refractivity (Wildman–Crippen MR) is 108 cm³/mol. The Balaban J connectivity index is 0.00000338. The van der Waals surface area contributed by atoms with Crippen LogP contribution in [-0.2, 0) is 4.79 Å². The van der Waals surface area contributed by atoms with Crippen LogP contribution in [0.25, 0.3) is 0 Å². The van der Waals surface area contributed by atoms with Gasteiger partial charge in [-0.05, 0) is 43.9 Å².